The Morgan fingerprint density at radius 3 is 2.42 bits per heavy atom. The molecule has 0 saturated heterocycles. The molecule has 1 aromatic carbocycles. The van der Waals surface area contributed by atoms with Crippen molar-refractivity contribution in [3.05, 3.63) is 35.4 Å². The van der Waals surface area contributed by atoms with E-state index in [1.807, 2.05) is 24.3 Å². The zero-order valence-corrected chi connectivity index (χ0v) is 11.7. The molecule has 0 aliphatic heterocycles. The Kier molecular flexibility index (Phi) is 3.60. The molecule has 0 amide bonds. The van der Waals surface area contributed by atoms with E-state index in [0.29, 0.717) is 6.04 Å². The van der Waals surface area contributed by atoms with E-state index in [1.165, 1.54) is 12.8 Å². The van der Waals surface area contributed by atoms with Crippen LogP contribution in [0.25, 0.3) is 0 Å². The molecular formula is C14H20N2O2S. The van der Waals surface area contributed by atoms with Crippen LogP contribution in [0.5, 0.6) is 0 Å². The Labute approximate surface area is 114 Å². The van der Waals surface area contributed by atoms with Crippen molar-refractivity contribution in [2.24, 2.45) is 0 Å². The SMILES string of the molecule is O=S(=O)(Cc1cccc(CNC2CC2)c1)NC1CC1. The van der Waals surface area contributed by atoms with Gasteiger partial charge in [0.05, 0.1) is 5.75 Å². The third kappa shape index (κ3) is 4.30. The molecule has 3 rings (SSSR count). The van der Waals surface area contributed by atoms with E-state index in [2.05, 4.69) is 10.0 Å². The summed E-state index contributed by atoms with van der Waals surface area (Å²) >= 11 is 0. The lowest BCUT2D eigenvalue weighted by Crippen LogP contribution is -2.27. The minimum atomic E-state index is -3.18. The fourth-order valence-corrected chi connectivity index (χ4v) is 3.54. The first kappa shape index (κ1) is 13.1. The van der Waals surface area contributed by atoms with Crippen LogP contribution >= 0.6 is 0 Å². The van der Waals surface area contributed by atoms with Gasteiger partial charge in [-0.3, -0.25) is 0 Å². The lowest BCUT2D eigenvalue weighted by molar-refractivity contribution is 0.580. The Bertz CT molecular complexity index is 548. The average Bonchev–Trinajstić information content (AvgIpc) is 3.21. The molecule has 0 heterocycles. The van der Waals surface area contributed by atoms with Crippen LogP contribution < -0.4 is 10.0 Å². The summed E-state index contributed by atoms with van der Waals surface area (Å²) in [7, 11) is -3.18. The van der Waals surface area contributed by atoms with Gasteiger partial charge in [-0.05, 0) is 36.8 Å². The number of benzene rings is 1. The highest BCUT2D eigenvalue weighted by Gasteiger charge is 2.27. The highest BCUT2D eigenvalue weighted by atomic mass is 32.2. The quantitative estimate of drug-likeness (QED) is 0.796. The van der Waals surface area contributed by atoms with Crippen molar-refractivity contribution in [1.82, 2.24) is 10.0 Å². The lowest BCUT2D eigenvalue weighted by atomic mass is 10.1. The molecule has 104 valence electrons. The van der Waals surface area contributed by atoms with Gasteiger partial charge in [0.1, 0.15) is 0 Å². The van der Waals surface area contributed by atoms with Gasteiger partial charge < -0.3 is 5.32 Å². The molecule has 2 N–H and O–H groups in total. The van der Waals surface area contributed by atoms with Gasteiger partial charge in [0.2, 0.25) is 10.0 Å². The van der Waals surface area contributed by atoms with Gasteiger partial charge in [0, 0.05) is 18.6 Å². The van der Waals surface area contributed by atoms with Crippen molar-refractivity contribution in [3.63, 3.8) is 0 Å². The molecule has 0 aromatic heterocycles. The smallest absolute Gasteiger partial charge is 0.216 e. The molecule has 2 aliphatic carbocycles. The van der Waals surface area contributed by atoms with Crippen LogP contribution in [0.1, 0.15) is 36.8 Å². The van der Waals surface area contributed by atoms with Gasteiger partial charge in [-0.1, -0.05) is 24.3 Å². The van der Waals surface area contributed by atoms with Gasteiger partial charge in [0.25, 0.3) is 0 Å². The van der Waals surface area contributed by atoms with Gasteiger partial charge in [-0.2, -0.15) is 0 Å². The van der Waals surface area contributed by atoms with Gasteiger partial charge in [-0.15, -0.1) is 0 Å². The highest BCUT2D eigenvalue weighted by Crippen LogP contribution is 2.21. The summed E-state index contributed by atoms with van der Waals surface area (Å²) < 4.78 is 26.5. The summed E-state index contributed by atoms with van der Waals surface area (Å²) in [6.45, 7) is 0.828. The predicted molar refractivity (Wildman–Crippen MR) is 75.1 cm³/mol. The molecule has 4 nitrogen and oxygen atoms in total. The lowest BCUT2D eigenvalue weighted by Gasteiger charge is -2.08. The van der Waals surface area contributed by atoms with E-state index in [0.717, 1.165) is 30.5 Å². The van der Waals surface area contributed by atoms with Crippen LogP contribution in [0, 0.1) is 0 Å². The van der Waals surface area contributed by atoms with E-state index in [-0.39, 0.29) is 11.8 Å². The zero-order valence-electron chi connectivity index (χ0n) is 10.9. The van der Waals surface area contributed by atoms with E-state index in [4.69, 9.17) is 0 Å². The topological polar surface area (TPSA) is 58.2 Å². The molecule has 2 aliphatic rings. The first-order chi connectivity index (χ1) is 9.11. The van der Waals surface area contributed by atoms with Crippen LogP contribution in [0.3, 0.4) is 0 Å². The second kappa shape index (κ2) is 5.23. The minimum Gasteiger partial charge on any atom is -0.310 e. The van der Waals surface area contributed by atoms with Crippen molar-refractivity contribution in [2.75, 3.05) is 0 Å². The normalized spacial score (nSPS) is 19.6. The van der Waals surface area contributed by atoms with Crippen molar-refractivity contribution < 1.29 is 8.42 Å². The monoisotopic (exact) mass is 280 g/mol. The van der Waals surface area contributed by atoms with Crippen molar-refractivity contribution >= 4 is 10.0 Å². The summed E-state index contributed by atoms with van der Waals surface area (Å²) in [4.78, 5) is 0. The van der Waals surface area contributed by atoms with Crippen LogP contribution in [-0.2, 0) is 22.3 Å². The average molecular weight is 280 g/mol. The van der Waals surface area contributed by atoms with Crippen molar-refractivity contribution in [1.29, 1.82) is 0 Å². The second-order valence-electron chi connectivity index (χ2n) is 5.63. The minimum absolute atomic E-state index is 0.0841. The van der Waals surface area contributed by atoms with Crippen molar-refractivity contribution in [2.45, 2.75) is 50.1 Å². The molecule has 0 bridgehead atoms. The van der Waals surface area contributed by atoms with Crippen LogP contribution in [0.4, 0.5) is 0 Å². The molecule has 2 fully saturated rings. The number of hydrogen-bond donors (Lipinski definition) is 2. The second-order valence-corrected chi connectivity index (χ2v) is 7.38. The largest absolute Gasteiger partial charge is 0.310 e. The molecule has 1 aromatic rings. The van der Waals surface area contributed by atoms with Crippen LogP contribution in [0.2, 0.25) is 0 Å². The molecular weight excluding hydrogens is 260 g/mol. The first-order valence-electron chi connectivity index (χ1n) is 6.92. The van der Waals surface area contributed by atoms with Gasteiger partial charge in [0.15, 0.2) is 0 Å². The van der Waals surface area contributed by atoms with Gasteiger partial charge >= 0.3 is 0 Å². The van der Waals surface area contributed by atoms with Crippen LogP contribution in [0.15, 0.2) is 24.3 Å². The number of hydrogen-bond acceptors (Lipinski definition) is 3. The Morgan fingerprint density at radius 1 is 1.05 bits per heavy atom. The molecule has 2 saturated carbocycles. The first-order valence-corrected chi connectivity index (χ1v) is 8.57. The van der Waals surface area contributed by atoms with Crippen LogP contribution in [-0.4, -0.2) is 20.5 Å². The number of rotatable bonds is 7. The summed E-state index contributed by atoms with van der Waals surface area (Å²) in [5.74, 6) is 0.0841. The molecule has 0 atom stereocenters. The summed E-state index contributed by atoms with van der Waals surface area (Å²) in [6, 6.07) is 8.70. The number of sulfonamides is 1. The maximum atomic E-state index is 11.9. The highest BCUT2D eigenvalue weighted by molar-refractivity contribution is 7.88. The summed E-state index contributed by atoms with van der Waals surface area (Å²) in [6.07, 6.45) is 4.48. The number of nitrogens with one attached hydrogen (secondary N) is 2. The van der Waals surface area contributed by atoms with E-state index in [9.17, 15) is 8.42 Å². The Morgan fingerprint density at radius 2 is 1.74 bits per heavy atom. The maximum absolute atomic E-state index is 11.9. The summed E-state index contributed by atoms with van der Waals surface area (Å²) in [5, 5.41) is 3.44. The maximum Gasteiger partial charge on any atom is 0.216 e. The van der Waals surface area contributed by atoms with Gasteiger partial charge in [-0.25, -0.2) is 13.1 Å². The van der Waals surface area contributed by atoms with E-state index >= 15 is 0 Å². The Balaban J connectivity index is 1.60. The molecule has 5 heteroatoms. The Hall–Kier alpha value is -0.910. The van der Waals surface area contributed by atoms with Crippen molar-refractivity contribution in [3.8, 4) is 0 Å². The fraction of sp³-hybridized carbons (Fsp3) is 0.571. The zero-order chi connectivity index (χ0) is 13.3. The molecule has 19 heavy (non-hydrogen) atoms. The predicted octanol–water partition coefficient (Wildman–Crippen LogP) is 1.52. The molecule has 0 spiro atoms. The van der Waals surface area contributed by atoms with E-state index in [1.54, 1.807) is 0 Å². The molecule has 0 radical (unpaired) electrons. The summed E-state index contributed by atoms with van der Waals surface area (Å²) in [5.41, 5.74) is 2.02. The van der Waals surface area contributed by atoms with E-state index < -0.39 is 10.0 Å². The third-order valence-corrected chi connectivity index (χ3v) is 4.85. The standard InChI is InChI=1S/C14H20N2O2S/c17-19(18,16-14-6-7-14)10-12-3-1-2-11(8-12)9-15-13-4-5-13/h1-3,8,13-16H,4-7,9-10H2. The molecule has 0 unspecified atom stereocenters. The fourth-order valence-electron chi connectivity index (χ4n) is 2.10. The third-order valence-electron chi connectivity index (χ3n) is 3.44.